The van der Waals surface area contributed by atoms with Crippen molar-refractivity contribution in [1.29, 1.82) is 0 Å². The van der Waals surface area contributed by atoms with E-state index in [1.807, 2.05) is 30.3 Å². The molecule has 0 unspecified atom stereocenters. The van der Waals surface area contributed by atoms with Gasteiger partial charge in [0.2, 0.25) is 11.8 Å². The first-order chi connectivity index (χ1) is 12.8. The van der Waals surface area contributed by atoms with Crippen LogP contribution in [-0.4, -0.2) is 21.0 Å². The summed E-state index contributed by atoms with van der Waals surface area (Å²) in [5, 5.41) is 6.71. The van der Waals surface area contributed by atoms with E-state index in [4.69, 9.17) is 8.94 Å². The molecule has 1 fully saturated rings. The van der Waals surface area contributed by atoms with E-state index in [0.29, 0.717) is 23.5 Å². The lowest BCUT2D eigenvalue weighted by Gasteiger charge is -2.17. The summed E-state index contributed by atoms with van der Waals surface area (Å²) in [5.74, 6) is 1.59. The normalized spacial score (nSPS) is 15.1. The van der Waals surface area contributed by atoms with Crippen LogP contribution in [-0.2, 0) is 6.54 Å². The van der Waals surface area contributed by atoms with Gasteiger partial charge in [0, 0.05) is 11.5 Å². The van der Waals surface area contributed by atoms with Crippen molar-refractivity contribution in [2.24, 2.45) is 0 Å². The van der Waals surface area contributed by atoms with Gasteiger partial charge in [0.1, 0.15) is 6.26 Å². The van der Waals surface area contributed by atoms with Gasteiger partial charge in [0.15, 0.2) is 11.5 Å². The maximum Gasteiger partial charge on any atom is 0.273 e. The molecule has 1 aliphatic carbocycles. The summed E-state index contributed by atoms with van der Waals surface area (Å²) in [6.45, 7) is 0.197. The van der Waals surface area contributed by atoms with Crippen molar-refractivity contribution in [3.05, 3.63) is 54.0 Å². The van der Waals surface area contributed by atoms with Crippen LogP contribution in [0.3, 0.4) is 0 Å². The van der Waals surface area contributed by atoms with Crippen LogP contribution >= 0.6 is 0 Å². The molecule has 2 aromatic heterocycles. The van der Waals surface area contributed by atoms with Gasteiger partial charge in [-0.05, 0) is 25.0 Å². The van der Waals surface area contributed by atoms with E-state index in [-0.39, 0.29) is 18.1 Å². The molecule has 0 aliphatic heterocycles. The van der Waals surface area contributed by atoms with Gasteiger partial charge in [-0.1, -0.05) is 42.6 Å². The average Bonchev–Trinajstić information content (AvgIpc) is 3.37. The molecule has 1 aromatic carbocycles. The molecule has 1 N–H and O–H groups in total. The van der Waals surface area contributed by atoms with Gasteiger partial charge in [-0.3, -0.25) is 4.79 Å². The highest BCUT2D eigenvalue weighted by molar-refractivity contribution is 5.92. The van der Waals surface area contributed by atoms with Gasteiger partial charge in [-0.15, -0.1) is 0 Å². The number of amides is 1. The lowest BCUT2D eigenvalue weighted by atomic mass is 9.89. The molecule has 1 amide bonds. The summed E-state index contributed by atoms with van der Waals surface area (Å²) < 4.78 is 10.7. The third-order valence-corrected chi connectivity index (χ3v) is 4.60. The number of nitrogens with one attached hydrogen (secondary N) is 1. The molecule has 3 aromatic rings. The zero-order valence-corrected chi connectivity index (χ0v) is 14.4. The van der Waals surface area contributed by atoms with Crippen molar-refractivity contribution in [3.63, 3.8) is 0 Å². The van der Waals surface area contributed by atoms with Crippen molar-refractivity contribution >= 4 is 5.91 Å². The van der Waals surface area contributed by atoms with E-state index in [1.54, 1.807) is 0 Å². The minimum Gasteiger partial charge on any atom is -0.444 e. The second-order valence-electron chi connectivity index (χ2n) is 6.47. The van der Waals surface area contributed by atoms with Crippen LogP contribution < -0.4 is 5.32 Å². The fraction of sp³-hybridized carbons (Fsp3) is 0.368. The van der Waals surface area contributed by atoms with E-state index in [9.17, 15) is 4.79 Å². The first kappa shape index (κ1) is 16.5. The second kappa shape index (κ2) is 7.51. The fourth-order valence-corrected chi connectivity index (χ4v) is 3.20. The Morgan fingerprint density at radius 1 is 1.12 bits per heavy atom. The molecule has 2 heterocycles. The molecule has 0 spiro atoms. The summed E-state index contributed by atoms with van der Waals surface area (Å²) in [4.78, 5) is 20.9. The highest BCUT2D eigenvalue weighted by atomic mass is 16.5. The minimum absolute atomic E-state index is 0.197. The standard InChI is InChI=1S/C19H20N4O3/c24-17(15-12-25-18(21-15)13-7-3-1-4-8-13)20-11-16-22-19(26-23-16)14-9-5-2-6-10-14/h1,3-4,7-8,12,14H,2,5-6,9-11H2,(H,20,24). The van der Waals surface area contributed by atoms with Crippen molar-refractivity contribution in [1.82, 2.24) is 20.4 Å². The van der Waals surface area contributed by atoms with Gasteiger partial charge in [-0.2, -0.15) is 4.98 Å². The Morgan fingerprint density at radius 3 is 2.73 bits per heavy atom. The monoisotopic (exact) mass is 352 g/mol. The Bertz CT molecular complexity index is 866. The molecule has 134 valence electrons. The topological polar surface area (TPSA) is 94.1 Å². The van der Waals surface area contributed by atoms with Crippen molar-refractivity contribution in [3.8, 4) is 11.5 Å². The van der Waals surface area contributed by atoms with E-state index in [1.165, 1.54) is 25.5 Å². The summed E-state index contributed by atoms with van der Waals surface area (Å²) in [6.07, 6.45) is 7.21. The van der Waals surface area contributed by atoms with Crippen LogP contribution in [0.4, 0.5) is 0 Å². The van der Waals surface area contributed by atoms with Crippen LogP contribution in [0.2, 0.25) is 0 Å². The first-order valence-corrected chi connectivity index (χ1v) is 8.91. The third kappa shape index (κ3) is 3.66. The Hall–Kier alpha value is -2.96. The number of carbonyl (C=O) groups is 1. The van der Waals surface area contributed by atoms with Crippen molar-refractivity contribution in [2.45, 2.75) is 44.6 Å². The summed E-state index contributed by atoms with van der Waals surface area (Å²) in [7, 11) is 0. The largest absolute Gasteiger partial charge is 0.444 e. The number of hydrogen-bond donors (Lipinski definition) is 1. The number of oxazole rings is 1. The quantitative estimate of drug-likeness (QED) is 0.752. The SMILES string of the molecule is O=C(NCc1noc(C2CCCCC2)n1)c1coc(-c2ccccc2)n1. The zero-order valence-electron chi connectivity index (χ0n) is 14.4. The number of nitrogens with zero attached hydrogens (tertiary/aromatic N) is 3. The second-order valence-corrected chi connectivity index (χ2v) is 6.47. The van der Waals surface area contributed by atoms with E-state index >= 15 is 0 Å². The van der Waals surface area contributed by atoms with Crippen LogP contribution in [0.15, 0.2) is 45.5 Å². The maximum atomic E-state index is 12.3. The number of benzene rings is 1. The predicted molar refractivity (Wildman–Crippen MR) is 93.2 cm³/mol. The lowest BCUT2D eigenvalue weighted by molar-refractivity contribution is 0.0944. The molecule has 1 saturated carbocycles. The van der Waals surface area contributed by atoms with Gasteiger partial charge in [0.05, 0.1) is 6.54 Å². The van der Waals surface area contributed by atoms with Gasteiger partial charge >= 0.3 is 0 Å². The number of rotatable bonds is 5. The lowest BCUT2D eigenvalue weighted by Crippen LogP contribution is -2.23. The third-order valence-electron chi connectivity index (χ3n) is 4.60. The van der Waals surface area contributed by atoms with Gasteiger partial charge in [-0.25, -0.2) is 4.98 Å². The molecule has 7 nitrogen and oxygen atoms in total. The average molecular weight is 352 g/mol. The van der Waals surface area contributed by atoms with Crippen LogP contribution in [0, 0.1) is 0 Å². The number of aromatic nitrogens is 3. The maximum absolute atomic E-state index is 12.3. The van der Waals surface area contributed by atoms with Gasteiger partial charge < -0.3 is 14.3 Å². The molecule has 0 radical (unpaired) electrons. The molecule has 0 bridgehead atoms. The van der Waals surface area contributed by atoms with Crippen LogP contribution in [0.25, 0.3) is 11.5 Å². The minimum atomic E-state index is -0.333. The van der Waals surface area contributed by atoms with Crippen molar-refractivity contribution in [2.75, 3.05) is 0 Å². The molecule has 0 saturated heterocycles. The predicted octanol–water partition coefficient (Wildman–Crippen LogP) is 3.70. The van der Waals surface area contributed by atoms with Gasteiger partial charge in [0.25, 0.3) is 5.91 Å². The summed E-state index contributed by atoms with van der Waals surface area (Å²) in [6, 6.07) is 9.44. The number of carbonyl (C=O) groups excluding carboxylic acids is 1. The Labute approximate surface area is 150 Å². The van der Waals surface area contributed by atoms with Crippen LogP contribution in [0.5, 0.6) is 0 Å². The number of hydrogen-bond acceptors (Lipinski definition) is 6. The molecule has 7 heteroatoms. The van der Waals surface area contributed by atoms with E-state index in [2.05, 4.69) is 20.4 Å². The van der Waals surface area contributed by atoms with E-state index < -0.39 is 0 Å². The summed E-state index contributed by atoms with van der Waals surface area (Å²) in [5.41, 5.74) is 1.04. The molecule has 1 aliphatic rings. The van der Waals surface area contributed by atoms with Crippen LogP contribution in [0.1, 0.15) is 60.2 Å². The fourth-order valence-electron chi connectivity index (χ4n) is 3.20. The Balaban J connectivity index is 1.35. The Morgan fingerprint density at radius 2 is 1.92 bits per heavy atom. The molecule has 4 rings (SSSR count). The summed E-state index contributed by atoms with van der Waals surface area (Å²) >= 11 is 0. The highest BCUT2D eigenvalue weighted by Crippen LogP contribution is 2.31. The molecule has 26 heavy (non-hydrogen) atoms. The smallest absolute Gasteiger partial charge is 0.273 e. The molecule has 0 atom stereocenters. The first-order valence-electron chi connectivity index (χ1n) is 8.91. The zero-order chi connectivity index (χ0) is 17.8. The molecular weight excluding hydrogens is 332 g/mol. The highest BCUT2D eigenvalue weighted by Gasteiger charge is 2.22. The Kier molecular flexibility index (Phi) is 4.77. The van der Waals surface area contributed by atoms with E-state index in [0.717, 1.165) is 18.4 Å². The molecular formula is C19H20N4O3. The van der Waals surface area contributed by atoms with Crippen molar-refractivity contribution < 1.29 is 13.7 Å².